The highest BCUT2D eigenvalue weighted by Crippen LogP contribution is 2.17. The fraction of sp³-hybridized carbons (Fsp3) is 0.174. The van der Waals surface area contributed by atoms with Crippen molar-refractivity contribution in [3.63, 3.8) is 0 Å². The molecule has 0 bridgehead atoms. The summed E-state index contributed by atoms with van der Waals surface area (Å²) in [6.45, 7) is 0.661. The predicted molar refractivity (Wildman–Crippen MR) is 120 cm³/mol. The standard InChI is InChI=1S/C23H21N5O5/c1-32-21(30)16-7-3-14(4-8-16)11-27-13-25-19-18(27)20(29)26-23(24)28(19)12-15-5-9-17(10-6-15)22(31)33-2/h3-10,13H,11-12H2,1-2H3,(H2,24,26,29). The highest BCUT2D eigenvalue weighted by atomic mass is 16.5. The smallest absolute Gasteiger partial charge is 0.337 e. The van der Waals surface area contributed by atoms with E-state index in [9.17, 15) is 14.4 Å². The Morgan fingerprint density at radius 2 is 1.39 bits per heavy atom. The Morgan fingerprint density at radius 3 is 1.91 bits per heavy atom. The summed E-state index contributed by atoms with van der Waals surface area (Å²) in [5, 5.41) is 0. The van der Waals surface area contributed by atoms with Crippen LogP contribution in [0.3, 0.4) is 0 Å². The zero-order valence-electron chi connectivity index (χ0n) is 18.0. The lowest BCUT2D eigenvalue weighted by Crippen LogP contribution is -2.20. The summed E-state index contributed by atoms with van der Waals surface area (Å²) < 4.78 is 12.8. The maximum Gasteiger partial charge on any atom is 0.337 e. The van der Waals surface area contributed by atoms with Crippen LogP contribution in [0.1, 0.15) is 31.8 Å². The van der Waals surface area contributed by atoms with Crippen molar-refractivity contribution in [2.24, 2.45) is 0 Å². The second kappa shape index (κ2) is 8.95. The summed E-state index contributed by atoms with van der Waals surface area (Å²) >= 11 is 0. The van der Waals surface area contributed by atoms with Crippen LogP contribution in [0, 0.1) is 0 Å². The number of fused-ring (bicyclic) bond motifs is 1. The van der Waals surface area contributed by atoms with E-state index in [0.29, 0.717) is 35.4 Å². The number of carbonyl (C=O) groups excluding carboxylic acids is 2. The van der Waals surface area contributed by atoms with E-state index in [1.54, 1.807) is 64.0 Å². The SMILES string of the molecule is COC(=O)c1ccc(Cn2cnc3c2c(=O)nc(N)n3Cc2ccc(C(=O)OC)cc2)cc1. The van der Waals surface area contributed by atoms with Crippen LogP contribution in [0.2, 0.25) is 0 Å². The number of nitrogen functional groups attached to an aromatic ring is 1. The van der Waals surface area contributed by atoms with Crippen LogP contribution in [0.5, 0.6) is 0 Å². The fourth-order valence-electron chi connectivity index (χ4n) is 3.50. The van der Waals surface area contributed by atoms with E-state index in [1.807, 2.05) is 0 Å². The molecule has 0 saturated carbocycles. The first-order chi connectivity index (χ1) is 15.9. The molecule has 10 heteroatoms. The second-order valence-corrected chi connectivity index (χ2v) is 7.28. The van der Waals surface area contributed by atoms with Crippen LogP contribution in [-0.4, -0.2) is 45.3 Å². The zero-order chi connectivity index (χ0) is 23.5. The molecule has 0 aliphatic carbocycles. The molecule has 4 aromatic rings. The number of nitrogens with two attached hydrogens (primary N) is 1. The number of ether oxygens (including phenoxy) is 2. The number of methoxy groups -OCH3 is 2. The third kappa shape index (κ3) is 4.31. The van der Waals surface area contributed by atoms with Crippen LogP contribution >= 0.6 is 0 Å². The van der Waals surface area contributed by atoms with Crippen molar-refractivity contribution in [3.8, 4) is 0 Å². The topological polar surface area (TPSA) is 131 Å². The molecule has 0 amide bonds. The number of hydrogen-bond donors (Lipinski definition) is 1. The van der Waals surface area contributed by atoms with E-state index in [-0.39, 0.29) is 5.95 Å². The number of anilines is 1. The van der Waals surface area contributed by atoms with Crippen LogP contribution < -0.4 is 11.3 Å². The van der Waals surface area contributed by atoms with Gasteiger partial charge < -0.3 is 19.8 Å². The molecule has 2 N–H and O–H groups in total. The van der Waals surface area contributed by atoms with E-state index < -0.39 is 17.5 Å². The zero-order valence-corrected chi connectivity index (χ0v) is 18.0. The van der Waals surface area contributed by atoms with E-state index in [2.05, 4.69) is 9.97 Å². The molecular weight excluding hydrogens is 426 g/mol. The summed E-state index contributed by atoms with van der Waals surface area (Å²) in [4.78, 5) is 44.3. The molecule has 0 atom stereocenters. The van der Waals surface area contributed by atoms with Crippen molar-refractivity contribution in [1.29, 1.82) is 0 Å². The average Bonchev–Trinajstić information content (AvgIpc) is 3.25. The molecule has 33 heavy (non-hydrogen) atoms. The third-order valence-corrected chi connectivity index (χ3v) is 5.21. The maximum absolute atomic E-state index is 12.6. The minimum Gasteiger partial charge on any atom is -0.465 e. The molecule has 10 nitrogen and oxygen atoms in total. The lowest BCUT2D eigenvalue weighted by Gasteiger charge is -2.11. The van der Waals surface area contributed by atoms with E-state index in [1.165, 1.54) is 14.2 Å². The summed E-state index contributed by atoms with van der Waals surface area (Å²) in [6.07, 6.45) is 1.55. The van der Waals surface area contributed by atoms with Gasteiger partial charge >= 0.3 is 17.5 Å². The van der Waals surface area contributed by atoms with Gasteiger partial charge in [0.05, 0.1) is 38.2 Å². The molecule has 0 radical (unpaired) electrons. The van der Waals surface area contributed by atoms with Crippen LogP contribution in [0.4, 0.5) is 5.95 Å². The Kier molecular flexibility index (Phi) is 5.90. The molecule has 0 unspecified atom stereocenters. The van der Waals surface area contributed by atoms with Crippen molar-refractivity contribution in [1.82, 2.24) is 19.1 Å². The monoisotopic (exact) mass is 447 g/mol. The fourth-order valence-corrected chi connectivity index (χ4v) is 3.50. The van der Waals surface area contributed by atoms with Gasteiger partial charge in [-0.15, -0.1) is 0 Å². The largest absolute Gasteiger partial charge is 0.465 e. The van der Waals surface area contributed by atoms with Crippen LogP contribution in [-0.2, 0) is 22.6 Å². The summed E-state index contributed by atoms with van der Waals surface area (Å²) in [5.74, 6) is -0.805. The van der Waals surface area contributed by atoms with Gasteiger partial charge in [0.2, 0.25) is 5.95 Å². The van der Waals surface area contributed by atoms with Crippen LogP contribution in [0.15, 0.2) is 59.7 Å². The molecule has 2 aromatic carbocycles. The van der Waals surface area contributed by atoms with Gasteiger partial charge in [-0.05, 0) is 35.4 Å². The normalized spacial score (nSPS) is 10.8. The van der Waals surface area contributed by atoms with Crippen molar-refractivity contribution in [2.45, 2.75) is 13.1 Å². The summed E-state index contributed by atoms with van der Waals surface area (Å²) in [6, 6.07) is 13.7. The molecule has 2 heterocycles. The lowest BCUT2D eigenvalue weighted by atomic mass is 10.1. The minimum absolute atomic E-state index is 0.0391. The summed E-state index contributed by atoms with van der Waals surface area (Å²) in [7, 11) is 2.65. The average molecular weight is 447 g/mol. The Balaban J connectivity index is 1.65. The Bertz CT molecular complexity index is 1390. The van der Waals surface area contributed by atoms with Crippen molar-refractivity contribution < 1.29 is 19.1 Å². The molecule has 0 aliphatic heterocycles. The van der Waals surface area contributed by atoms with Gasteiger partial charge in [-0.1, -0.05) is 24.3 Å². The molecule has 4 rings (SSSR count). The van der Waals surface area contributed by atoms with Crippen LogP contribution in [0.25, 0.3) is 11.2 Å². The first-order valence-electron chi connectivity index (χ1n) is 9.97. The molecule has 0 aliphatic rings. The van der Waals surface area contributed by atoms with Gasteiger partial charge in [-0.25, -0.2) is 14.6 Å². The quantitative estimate of drug-likeness (QED) is 0.443. The summed E-state index contributed by atoms with van der Waals surface area (Å²) in [5.41, 5.74) is 8.84. The highest BCUT2D eigenvalue weighted by molar-refractivity contribution is 5.89. The maximum atomic E-state index is 12.6. The molecule has 0 saturated heterocycles. The van der Waals surface area contributed by atoms with Gasteiger partial charge in [0, 0.05) is 6.54 Å². The third-order valence-electron chi connectivity index (χ3n) is 5.21. The number of esters is 2. The predicted octanol–water partition coefficient (Wildman–Crippen LogP) is 1.84. The number of imidazole rings is 1. The second-order valence-electron chi connectivity index (χ2n) is 7.28. The van der Waals surface area contributed by atoms with E-state index in [4.69, 9.17) is 15.2 Å². The van der Waals surface area contributed by atoms with Crippen molar-refractivity contribution in [3.05, 3.63) is 87.5 Å². The highest BCUT2D eigenvalue weighted by Gasteiger charge is 2.16. The Morgan fingerprint density at radius 1 is 0.879 bits per heavy atom. The van der Waals surface area contributed by atoms with Crippen molar-refractivity contribution in [2.75, 3.05) is 20.0 Å². The van der Waals surface area contributed by atoms with E-state index >= 15 is 0 Å². The number of benzene rings is 2. The number of nitrogens with zero attached hydrogens (tertiary/aromatic N) is 4. The number of aromatic nitrogens is 4. The molecular formula is C23H21N5O5. The molecule has 2 aromatic heterocycles. The van der Waals surface area contributed by atoms with Gasteiger partial charge in [0.15, 0.2) is 11.2 Å². The molecule has 0 fully saturated rings. The number of carbonyl (C=O) groups is 2. The van der Waals surface area contributed by atoms with Gasteiger partial charge in [0.1, 0.15) is 0 Å². The number of rotatable bonds is 6. The first kappa shape index (κ1) is 21.8. The number of hydrogen-bond acceptors (Lipinski definition) is 8. The van der Waals surface area contributed by atoms with Crippen molar-refractivity contribution >= 4 is 29.1 Å². The van der Waals surface area contributed by atoms with Gasteiger partial charge in [0.25, 0.3) is 0 Å². The molecule has 0 spiro atoms. The van der Waals surface area contributed by atoms with Gasteiger partial charge in [-0.3, -0.25) is 9.36 Å². The first-order valence-corrected chi connectivity index (χ1v) is 9.97. The Labute approximate surface area is 188 Å². The lowest BCUT2D eigenvalue weighted by molar-refractivity contribution is 0.0592. The Hall–Kier alpha value is -4.47. The van der Waals surface area contributed by atoms with Gasteiger partial charge in [-0.2, -0.15) is 4.98 Å². The molecule has 168 valence electrons. The minimum atomic E-state index is -0.483. The van der Waals surface area contributed by atoms with E-state index in [0.717, 1.165) is 11.1 Å².